The maximum absolute atomic E-state index is 12.8. The van der Waals surface area contributed by atoms with Crippen LogP contribution in [0.15, 0.2) is 39.8 Å². The molecular formula is C20H23N5O3. The molecule has 0 spiro atoms. The molecule has 8 nitrogen and oxygen atoms in total. The van der Waals surface area contributed by atoms with Crippen molar-refractivity contribution in [2.45, 2.75) is 40.2 Å². The minimum atomic E-state index is -0.478. The van der Waals surface area contributed by atoms with E-state index in [9.17, 15) is 9.59 Å². The molecule has 0 saturated heterocycles. The third kappa shape index (κ3) is 4.33. The van der Waals surface area contributed by atoms with Crippen LogP contribution in [0.1, 0.15) is 47.9 Å². The minimum absolute atomic E-state index is 0.0185. The predicted octanol–water partition coefficient (Wildman–Crippen LogP) is 2.74. The van der Waals surface area contributed by atoms with Crippen molar-refractivity contribution < 1.29 is 9.32 Å². The van der Waals surface area contributed by atoms with E-state index in [1.165, 1.54) is 11.1 Å². The summed E-state index contributed by atoms with van der Waals surface area (Å²) in [6.45, 7) is 6.39. The molecule has 0 aliphatic carbocycles. The average molecular weight is 381 g/mol. The Balaban J connectivity index is 1.79. The number of hydrogen-bond acceptors (Lipinski definition) is 6. The van der Waals surface area contributed by atoms with E-state index in [2.05, 4.69) is 20.1 Å². The van der Waals surface area contributed by atoms with Crippen LogP contribution in [0.5, 0.6) is 0 Å². The van der Waals surface area contributed by atoms with Gasteiger partial charge in [0.1, 0.15) is 11.4 Å². The molecule has 2 aromatic heterocycles. The highest BCUT2D eigenvalue weighted by Crippen LogP contribution is 2.14. The molecule has 8 heteroatoms. The van der Waals surface area contributed by atoms with E-state index < -0.39 is 11.5 Å². The summed E-state index contributed by atoms with van der Waals surface area (Å²) in [5.74, 6) is 0.961. The van der Waals surface area contributed by atoms with Crippen LogP contribution in [0.25, 0.3) is 11.4 Å². The van der Waals surface area contributed by atoms with Crippen LogP contribution >= 0.6 is 0 Å². The number of benzene rings is 1. The van der Waals surface area contributed by atoms with Crippen molar-refractivity contribution in [3.8, 4) is 11.4 Å². The molecule has 28 heavy (non-hydrogen) atoms. The van der Waals surface area contributed by atoms with Crippen molar-refractivity contribution >= 4 is 5.91 Å². The molecule has 0 atom stereocenters. The lowest BCUT2D eigenvalue weighted by molar-refractivity contribution is 0.0745. The molecule has 0 aliphatic heterocycles. The Kier molecular flexibility index (Phi) is 5.98. The van der Waals surface area contributed by atoms with Crippen molar-refractivity contribution in [2.75, 3.05) is 6.54 Å². The Labute approximate surface area is 162 Å². The zero-order valence-electron chi connectivity index (χ0n) is 16.2. The second-order valence-electron chi connectivity index (χ2n) is 6.51. The standard InChI is InChI=1S/C20H23N5O3/c1-4-6-17-22-16(24-28-17)12-25(5-2)20(27)15-11-21-18(23-19(15)26)14-9-7-13(3)8-10-14/h7-11H,4-6,12H2,1-3H3,(H,21,23,26). The smallest absolute Gasteiger partial charge is 0.264 e. The van der Waals surface area contributed by atoms with Gasteiger partial charge >= 0.3 is 0 Å². The number of H-pyrrole nitrogens is 1. The quantitative estimate of drug-likeness (QED) is 0.675. The first-order valence-corrected chi connectivity index (χ1v) is 9.28. The first-order valence-electron chi connectivity index (χ1n) is 9.28. The fourth-order valence-electron chi connectivity index (χ4n) is 2.74. The molecule has 0 saturated carbocycles. The van der Waals surface area contributed by atoms with Crippen molar-refractivity contribution in [1.29, 1.82) is 0 Å². The maximum atomic E-state index is 12.8. The zero-order valence-corrected chi connectivity index (χ0v) is 16.2. The first-order chi connectivity index (χ1) is 13.5. The molecule has 1 aromatic carbocycles. The van der Waals surface area contributed by atoms with E-state index in [1.54, 1.807) is 0 Å². The summed E-state index contributed by atoms with van der Waals surface area (Å²) in [6, 6.07) is 7.62. The van der Waals surface area contributed by atoms with Crippen molar-refractivity contribution in [1.82, 2.24) is 25.0 Å². The number of aromatic amines is 1. The van der Waals surface area contributed by atoms with Crippen LogP contribution in [0.3, 0.4) is 0 Å². The van der Waals surface area contributed by atoms with Gasteiger partial charge in [0.05, 0.1) is 6.54 Å². The third-order valence-electron chi connectivity index (χ3n) is 4.33. The normalized spacial score (nSPS) is 10.8. The van der Waals surface area contributed by atoms with E-state index in [0.717, 1.165) is 17.5 Å². The molecule has 0 radical (unpaired) electrons. The lowest BCUT2D eigenvalue weighted by atomic mass is 10.1. The second kappa shape index (κ2) is 8.60. The molecule has 0 fully saturated rings. The van der Waals surface area contributed by atoms with Crippen LogP contribution < -0.4 is 5.56 Å². The number of aromatic nitrogens is 4. The van der Waals surface area contributed by atoms with Gasteiger partial charge in [-0.05, 0) is 20.3 Å². The number of amides is 1. The summed E-state index contributed by atoms with van der Waals surface area (Å²) < 4.78 is 5.15. The molecule has 3 aromatic rings. The van der Waals surface area contributed by atoms with E-state index in [1.807, 2.05) is 45.0 Å². The topological polar surface area (TPSA) is 105 Å². The fourth-order valence-corrected chi connectivity index (χ4v) is 2.74. The minimum Gasteiger partial charge on any atom is -0.339 e. The Morgan fingerprint density at radius 2 is 1.96 bits per heavy atom. The molecular weight excluding hydrogens is 358 g/mol. The van der Waals surface area contributed by atoms with Gasteiger partial charge in [0.15, 0.2) is 5.82 Å². The van der Waals surface area contributed by atoms with Gasteiger partial charge in [0, 0.05) is 24.7 Å². The summed E-state index contributed by atoms with van der Waals surface area (Å²) in [5.41, 5.74) is 1.40. The average Bonchev–Trinajstić information content (AvgIpc) is 3.13. The Bertz CT molecular complexity index is 1010. The van der Waals surface area contributed by atoms with E-state index in [-0.39, 0.29) is 12.1 Å². The fraction of sp³-hybridized carbons (Fsp3) is 0.350. The van der Waals surface area contributed by atoms with Crippen molar-refractivity contribution in [3.05, 3.63) is 63.7 Å². The SMILES string of the molecule is CCCc1nc(CN(CC)C(=O)c2cnc(-c3ccc(C)cc3)[nH]c2=O)no1. The highest BCUT2D eigenvalue weighted by atomic mass is 16.5. The predicted molar refractivity (Wildman–Crippen MR) is 104 cm³/mol. The molecule has 0 unspecified atom stereocenters. The maximum Gasteiger partial charge on any atom is 0.264 e. The van der Waals surface area contributed by atoms with Gasteiger partial charge in [-0.3, -0.25) is 9.59 Å². The van der Waals surface area contributed by atoms with Gasteiger partial charge in [-0.25, -0.2) is 4.98 Å². The van der Waals surface area contributed by atoms with E-state index in [4.69, 9.17) is 4.52 Å². The van der Waals surface area contributed by atoms with E-state index in [0.29, 0.717) is 30.5 Å². The summed E-state index contributed by atoms with van der Waals surface area (Å²) in [4.78, 5) is 38.0. The Hall–Kier alpha value is -3.29. The number of nitrogens with zero attached hydrogens (tertiary/aromatic N) is 4. The van der Waals surface area contributed by atoms with Gasteiger partial charge in [-0.2, -0.15) is 4.98 Å². The zero-order chi connectivity index (χ0) is 20.1. The molecule has 0 aliphatic rings. The van der Waals surface area contributed by atoms with Gasteiger partial charge in [0.2, 0.25) is 5.89 Å². The molecule has 2 heterocycles. The van der Waals surface area contributed by atoms with Crippen LogP contribution in [-0.2, 0) is 13.0 Å². The number of carbonyl (C=O) groups excluding carboxylic acids is 1. The summed E-state index contributed by atoms with van der Waals surface area (Å²) in [5, 5.41) is 3.90. The second-order valence-corrected chi connectivity index (χ2v) is 6.51. The number of carbonyl (C=O) groups is 1. The summed E-state index contributed by atoms with van der Waals surface area (Å²) >= 11 is 0. The molecule has 1 amide bonds. The molecule has 3 rings (SSSR count). The highest BCUT2D eigenvalue weighted by Gasteiger charge is 2.21. The van der Waals surface area contributed by atoms with Crippen LogP contribution in [0.2, 0.25) is 0 Å². The Morgan fingerprint density at radius 3 is 2.61 bits per heavy atom. The van der Waals surface area contributed by atoms with Crippen LogP contribution in [-0.4, -0.2) is 37.5 Å². The number of nitrogens with one attached hydrogen (secondary N) is 1. The van der Waals surface area contributed by atoms with Gasteiger partial charge in [0.25, 0.3) is 11.5 Å². The third-order valence-corrected chi connectivity index (χ3v) is 4.33. The first kappa shape index (κ1) is 19.5. The number of rotatable bonds is 7. The summed E-state index contributed by atoms with van der Waals surface area (Å²) in [7, 11) is 0. The van der Waals surface area contributed by atoms with Gasteiger partial charge in [-0.1, -0.05) is 41.9 Å². The van der Waals surface area contributed by atoms with Gasteiger partial charge in [-0.15, -0.1) is 0 Å². The van der Waals surface area contributed by atoms with Crippen LogP contribution in [0.4, 0.5) is 0 Å². The Morgan fingerprint density at radius 1 is 1.21 bits per heavy atom. The molecule has 146 valence electrons. The number of hydrogen-bond donors (Lipinski definition) is 1. The lowest BCUT2D eigenvalue weighted by Gasteiger charge is -2.18. The monoisotopic (exact) mass is 381 g/mol. The van der Waals surface area contributed by atoms with Gasteiger partial charge < -0.3 is 14.4 Å². The summed E-state index contributed by atoms with van der Waals surface area (Å²) in [6.07, 6.45) is 2.90. The van der Waals surface area contributed by atoms with Crippen LogP contribution in [0, 0.1) is 6.92 Å². The lowest BCUT2D eigenvalue weighted by Crippen LogP contribution is -2.35. The van der Waals surface area contributed by atoms with E-state index >= 15 is 0 Å². The van der Waals surface area contributed by atoms with Crippen molar-refractivity contribution in [3.63, 3.8) is 0 Å². The molecule has 0 bridgehead atoms. The highest BCUT2D eigenvalue weighted by molar-refractivity contribution is 5.93. The number of aryl methyl sites for hydroxylation is 2. The van der Waals surface area contributed by atoms with Crippen molar-refractivity contribution in [2.24, 2.45) is 0 Å². The molecule has 1 N–H and O–H groups in total. The largest absolute Gasteiger partial charge is 0.339 e.